The van der Waals surface area contributed by atoms with Crippen LogP contribution in [0.15, 0.2) is 24.3 Å². The Kier molecular flexibility index (Phi) is 4.04. The molecule has 1 aliphatic rings. The number of nitrogens with two attached hydrogens (primary N) is 1. The lowest BCUT2D eigenvalue weighted by Gasteiger charge is -2.29. The molecule has 1 aliphatic carbocycles. The molecule has 2 rings (SSSR count). The SMILES string of the molecule is NCC1(NC(=O)c2ccccc2C(F)(F)F)CCCC1. The minimum atomic E-state index is -4.54. The van der Waals surface area contributed by atoms with Gasteiger partial charge in [-0.1, -0.05) is 25.0 Å². The van der Waals surface area contributed by atoms with Gasteiger partial charge in [0.1, 0.15) is 0 Å². The number of nitrogens with one attached hydrogen (secondary N) is 1. The van der Waals surface area contributed by atoms with E-state index in [9.17, 15) is 18.0 Å². The van der Waals surface area contributed by atoms with Crippen LogP contribution in [0.1, 0.15) is 41.6 Å². The van der Waals surface area contributed by atoms with E-state index in [0.717, 1.165) is 18.9 Å². The molecule has 110 valence electrons. The number of halogens is 3. The first-order valence-electron chi connectivity index (χ1n) is 6.57. The molecule has 0 unspecified atom stereocenters. The van der Waals surface area contributed by atoms with Crippen LogP contribution >= 0.6 is 0 Å². The van der Waals surface area contributed by atoms with Gasteiger partial charge in [0, 0.05) is 6.54 Å². The van der Waals surface area contributed by atoms with E-state index in [4.69, 9.17) is 5.73 Å². The lowest BCUT2D eigenvalue weighted by Crippen LogP contribution is -2.51. The van der Waals surface area contributed by atoms with Gasteiger partial charge in [0.05, 0.1) is 16.7 Å². The Hall–Kier alpha value is -1.56. The van der Waals surface area contributed by atoms with E-state index < -0.39 is 23.2 Å². The molecule has 0 radical (unpaired) electrons. The number of carbonyl (C=O) groups is 1. The summed E-state index contributed by atoms with van der Waals surface area (Å²) in [7, 11) is 0. The van der Waals surface area contributed by atoms with Crippen LogP contribution in [0.25, 0.3) is 0 Å². The van der Waals surface area contributed by atoms with Crippen LogP contribution in [0.5, 0.6) is 0 Å². The molecule has 1 saturated carbocycles. The lowest BCUT2D eigenvalue weighted by molar-refractivity contribution is -0.137. The van der Waals surface area contributed by atoms with Gasteiger partial charge >= 0.3 is 6.18 Å². The molecular formula is C14H17F3N2O. The highest BCUT2D eigenvalue weighted by Gasteiger charge is 2.38. The first kappa shape index (κ1) is 14.8. The van der Waals surface area contributed by atoms with Gasteiger partial charge in [-0.05, 0) is 25.0 Å². The van der Waals surface area contributed by atoms with Gasteiger partial charge in [-0.25, -0.2) is 0 Å². The van der Waals surface area contributed by atoms with Crippen molar-refractivity contribution in [1.82, 2.24) is 5.32 Å². The predicted octanol–water partition coefficient (Wildman–Crippen LogP) is 2.71. The zero-order chi connectivity index (χ0) is 14.8. The summed E-state index contributed by atoms with van der Waals surface area (Å²) >= 11 is 0. The largest absolute Gasteiger partial charge is 0.417 e. The summed E-state index contributed by atoms with van der Waals surface area (Å²) in [5.41, 5.74) is 3.86. The van der Waals surface area contributed by atoms with E-state index in [1.54, 1.807) is 0 Å². The van der Waals surface area contributed by atoms with E-state index in [1.165, 1.54) is 18.2 Å². The summed E-state index contributed by atoms with van der Waals surface area (Å²) in [4.78, 5) is 12.2. The van der Waals surface area contributed by atoms with Crippen molar-refractivity contribution in [2.75, 3.05) is 6.54 Å². The second-order valence-corrected chi connectivity index (χ2v) is 5.19. The van der Waals surface area contributed by atoms with E-state index in [1.807, 2.05) is 0 Å². The molecule has 0 spiro atoms. The second kappa shape index (κ2) is 5.44. The van der Waals surface area contributed by atoms with Crippen molar-refractivity contribution < 1.29 is 18.0 Å². The van der Waals surface area contributed by atoms with E-state index in [-0.39, 0.29) is 12.1 Å². The normalized spacial score (nSPS) is 18.0. The van der Waals surface area contributed by atoms with Crippen LogP contribution in [0.3, 0.4) is 0 Å². The molecule has 0 aliphatic heterocycles. The van der Waals surface area contributed by atoms with Crippen LogP contribution < -0.4 is 11.1 Å². The molecular weight excluding hydrogens is 269 g/mol. The fraction of sp³-hybridized carbons (Fsp3) is 0.500. The summed E-state index contributed by atoms with van der Waals surface area (Å²) in [5.74, 6) is -0.703. The number of alkyl halides is 3. The Morgan fingerprint density at radius 2 is 1.85 bits per heavy atom. The molecule has 0 saturated heterocycles. The Bertz CT molecular complexity index is 493. The standard InChI is InChI=1S/C14H17F3N2O/c15-14(16,17)11-6-2-1-5-10(11)12(20)19-13(9-18)7-3-4-8-13/h1-2,5-6H,3-4,7-9,18H2,(H,19,20). The molecule has 1 amide bonds. The minimum Gasteiger partial charge on any atom is -0.345 e. The van der Waals surface area contributed by atoms with Gasteiger partial charge in [-0.3, -0.25) is 4.79 Å². The minimum absolute atomic E-state index is 0.243. The average molecular weight is 286 g/mol. The first-order valence-corrected chi connectivity index (χ1v) is 6.57. The van der Waals surface area contributed by atoms with Crippen LogP contribution in [0.2, 0.25) is 0 Å². The van der Waals surface area contributed by atoms with Gasteiger partial charge in [-0.15, -0.1) is 0 Å². The van der Waals surface area contributed by atoms with Crippen molar-refractivity contribution >= 4 is 5.91 Å². The summed E-state index contributed by atoms with van der Waals surface area (Å²) in [6.45, 7) is 0.243. The first-order chi connectivity index (χ1) is 9.38. The van der Waals surface area contributed by atoms with Gasteiger partial charge in [0.25, 0.3) is 5.91 Å². The molecule has 1 aromatic rings. The number of hydrogen-bond donors (Lipinski definition) is 2. The fourth-order valence-corrected chi connectivity index (χ4v) is 2.67. The average Bonchev–Trinajstić information content (AvgIpc) is 2.87. The quantitative estimate of drug-likeness (QED) is 0.897. The van der Waals surface area contributed by atoms with Crippen LogP contribution in [-0.2, 0) is 6.18 Å². The van der Waals surface area contributed by atoms with Crippen molar-refractivity contribution in [2.24, 2.45) is 5.73 Å². The van der Waals surface area contributed by atoms with Crippen molar-refractivity contribution in [3.63, 3.8) is 0 Å². The molecule has 3 nitrogen and oxygen atoms in total. The molecule has 6 heteroatoms. The smallest absolute Gasteiger partial charge is 0.345 e. The van der Waals surface area contributed by atoms with Crippen molar-refractivity contribution in [3.05, 3.63) is 35.4 Å². The van der Waals surface area contributed by atoms with E-state index in [0.29, 0.717) is 12.8 Å². The number of hydrogen-bond acceptors (Lipinski definition) is 2. The molecule has 3 N–H and O–H groups in total. The molecule has 1 fully saturated rings. The van der Waals surface area contributed by atoms with E-state index in [2.05, 4.69) is 5.32 Å². The van der Waals surface area contributed by atoms with Crippen molar-refractivity contribution in [1.29, 1.82) is 0 Å². The zero-order valence-corrected chi connectivity index (χ0v) is 11.0. The third-order valence-electron chi connectivity index (χ3n) is 3.81. The monoisotopic (exact) mass is 286 g/mol. The third-order valence-corrected chi connectivity index (χ3v) is 3.81. The Balaban J connectivity index is 2.26. The molecule has 20 heavy (non-hydrogen) atoms. The molecule has 0 heterocycles. The summed E-state index contributed by atoms with van der Waals surface area (Å²) < 4.78 is 38.7. The number of rotatable bonds is 3. The topological polar surface area (TPSA) is 55.1 Å². The molecule has 0 aromatic heterocycles. The molecule has 0 atom stereocenters. The van der Waals surface area contributed by atoms with Gasteiger partial charge in [0.15, 0.2) is 0 Å². The highest BCUT2D eigenvalue weighted by Crippen LogP contribution is 2.33. The van der Waals surface area contributed by atoms with Crippen LogP contribution in [0.4, 0.5) is 13.2 Å². The van der Waals surface area contributed by atoms with Crippen molar-refractivity contribution in [2.45, 2.75) is 37.4 Å². The van der Waals surface area contributed by atoms with Gasteiger partial charge in [-0.2, -0.15) is 13.2 Å². The summed E-state index contributed by atoms with van der Waals surface area (Å²) in [6, 6.07) is 4.80. The predicted molar refractivity (Wildman–Crippen MR) is 69.2 cm³/mol. The van der Waals surface area contributed by atoms with Gasteiger partial charge in [0.2, 0.25) is 0 Å². The molecule has 1 aromatic carbocycles. The summed E-state index contributed by atoms with van der Waals surface area (Å²) in [5, 5.41) is 2.71. The second-order valence-electron chi connectivity index (χ2n) is 5.19. The van der Waals surface area contributed by atoms with E-state index >= 15 is 0 Å². The zero-order valence-electron chi connectivity index (χ0n) is 11.0. The maximum absolute atomic E-state index is 12.9. The fourth-order valence-electron chi connectivity index (χ4n) is 2.67. The van der Waals surface area contributed by atoms with Crippen molar-refractivity contribution in [3.8, 4) is 0 Å². The Labute approximate surface area is 115 Å². The molecule has 0 bridgehead atoms. The Morgan fingerprint density at radius 3 is 2.40 bits per heavy atom. The summed E-state index contributed by atoms with van der Waals surface area (Å²) in [6.07, 6.45) is -1.26. The highest BCUT2D eigenvalue weighted by atomic mass is 19.4. The number of carbonyl (C=O) groups excluding carboxylic acids is 1. The maximum atomic E-state index is 12.9. The highest BCUT2D eigenvalue weighted by molar-refractivity contribution is 5.96. The van der Waals surface area contributed by atoms with Gasteiger partial charge < -0.3 is 11.1 Å². The Morgan fingerprint density at radius 1 is 1.25 bits per heavy atom. The maximum Gasteiger partial charge on any atom is 0.417 e. The lowest BCUT2D eigenvalue weighted by atomic mass is 9.96. The number of benzene rings is 1. The third kappa shape index (κ3) is 2.95. The van der Waals surface area contributed by atoms with Crippen LogP contribution in [0, 0.1) is 0 Å². The number of amides is 1. The van der Waals surface area contributed by atoms with Crippen LogP contribution in [-0.4, -0.2) is 18.0 Å².